The molecule has 2 aromatic rings. The molecule has 1 aromatic carbocycles. The van der Waals surface area contributed by atoms with Crippen LogP contribution in [0.25, 0.3) is 0 Å². The number of aromatic nitrogens is 1. The zero-order chi connectivity index (χ0) is 15.4. The van der Waals surface area contributed by atoms with Gasteiger partial charge in [0.1, 0.15) is 11.6 Å². The van der Waals surface area contributed by atoms with Gasteiger partial charge in [0.05, 0.1) is 11.8 Å². The molecule has 110 valence electrons. The maximum absolute atomic E-state index is 13.3. The van der Waals surface area contributed by atoms with E-state index in [1.807, 2.05) is 31.2 Å². The van der Waals surface area contributed by atoms with Gasteiger partial charge in [-0.2, -0.15) is 0 Å². The fourth-order valence-electron chi connectivity index (χ4n) is 2.05. The van der Waals surface area contributed by atoms with Crippen molar-refractivity contribution in [3.8, 4) is 0 Å². The first kappa shape index (κ1) is 15.0. The van der Waals surface area contributed by atoms with Crippen LogP contribution in [0.2, 0.25) is 0 Å². The third kappa shape index (κ3) is 3.56. The zero-order valence-corrected chi connectivity index (χ0v) is 12.4. The van der Waals surface area contributed by atoms with Gasteiger partial charge >= 0.3 is 0 Å². The van der Waals surface area contributed by atoms with Crippen molar-refractivity contribution in [3.05, 3.63) is 59.0 Å². The number of nitrogens with zero attached hydrogens (tertiary/aromatic N) is 2. The Morgan fingerprint density at radius 1 is 1.33 bits per heavy atom. The molecule has 1 amide bonds. The molecule has 0 aliphatic rings. The SMILES string of the molecule is CNc1ncc(F)cc1C(=O)N(C)Cc1ccc(C)cc1. The van der Waals surface area contributed by atoms with Crippen molar-refractivity contribution in [1.29, 1.82) is 0 Å². The van der Waals surface area contributed by atoms with E-state index in [4.69, 9.17) is 0 Å². The van der Waals surface area contributed by atoms with E-state index in [-0.39, 0.29) is 11.5 Å². The number of amides is 1. The molecule has 0 bridgehead atoms. The van der Waals surface area contributed by atoms with Crippen molar-refractivity contribution in [3.63, 3.8) is 0 Å². The number of carbonyl (C=O) groups excluding carboxylic acids is 1. The van der Waals surface area contributed by atoms with Crippen LogP contribution in [0.4, 0.5) is 10.2 Å². The maximum atomic E-state index is 13.3. The summed E-state index contributed by atoms with van der Waals surface area (Å²) in [5.74, 6) is -0.426. The van der Waals surface area contributed by atoms with Gasteiger partial charge in [0.15, 0.2) is 0 Å². The van der Waals surface area contributed by atoms with E-state index in [1.165, 1.54) is 11.6 Å². The highest BCUT2D eigenvalue weighted by molar-refractivity contribution is 5.98. The molecular weight excluding hydrogens is 269 g/mol. The number of pyridine rings is 1. The van der Waals surface area contributed by atoms with Crippen molar-refractivity contribution in [2.75, 3.05) is 19.4 Å². The zero-order valence-electron chi connectivity index (χ0n) is 12.4. The van der Waals surface area contributed by atoms with Crippen LogP contribution in [0, 0.1) is 12.7 Å². The summed E-state index contributed by atoms with van der Waals surface area (Å²) in [5.41, 5.74) is 2.42. The molecule has 1 aromatic heterocycles. The highest BCUT2D eigenvalue weighted by Gasteiger charge is 2.17. The fourth-order valence-corrected chi connectivity index (χ4v) is 2.05. The Hall–Kier alpha value is -2.43. The van der Waals surface area contributed by atoms with Crippen molar-refractivity contribution < 1.29 is 9.18 Å². The number of rotatable bonds is 4. The van der Waals surface area contributed by atoms with Crippen LogP contribution >= 0.6 is 0 Å². The van der Waals surface area contributed by atoms with Gasteiger partial charge in [-0.3, -0.25) is 4.79 Å². The first-order chi connectivity index (χ1) is 10.0. The normalized spacial score (nSPS) is 10.3. The van der Waals surface area contributed by atoms with Gasteiger partial charge in [-0.15, -0.1) is 0 Å². The van der Waals surface area contributed by atoms with Crippen LogP contribution in [0.3, 0.4) is 0 Å². The standard InChI is InChI=1S/C16H18FN3O/c1-11-4-6-12(7-5-11)10-20(3)16(21)14-8-13(17)9-19-15(14)18-2/h4-9H,10H2,1-3H3,(H,18,19). The van der Waals surface area contributed by atoms with Crippen LogP contribution < -0.4 is 5.32 Å². The third-order valence-electron chi connectivity index (χ3n) is 3.21. The summed E-state index contributed by atoms with van der Waals surface area (Å²) in [5, 5.41) is 2.80. The lowest BCUT2D eigenvalue weighted by Gasteiger charge is -2.19. The number of hydrogen-bond acceptors (Lipinski definition) is 3. The molecule has 0 unspecified atom stereocenters. The maximum Gasteiger partial charge on any atom is 0.257 e. The Kier molecular flexibility index (Phi) is 4.52. The van der Waals surface area contributed by atoms with Crippen LogP contribution in [0.15, 0.2) is 36.5 Å². The van der Waals surface area contributed by atoms with Gasteiger partial charge in [0, 0.05) is 20.6 Å². The molecule has 0 radical (unpaired) electrons. The molecule has 1 N–H and O–H groups in total. The van der Waals surface area contributed by atoms with Gasteiger partial charge in [-0.05, 0) is 18.6 Å². The average Bonchev–Trinajstić information content (AvgIpc) is 2.48. The second-order valence-corrected chi connectivity index (χ2v) is 4.95. The summed E-state index contributed by atoms with van der Waals surface area (Å²) in [6, 6.07) is 9.14. The minimum absolute atomic E-state index is 0.229. The molecule has 0 aliphatic heterocycles. The van der Waals surface area contributed by atoms with Crippen molar-refractivity contribution in [1.82, 2.24) is 9.88 Å². The van der Waals surface area contributed by atoms with E-state index in [0.29, 0.717) is 12.4 Å². The lowest BCUT2D eigenvalue weighted by molar-refractivity contribution is 0.0785. The van der Waals surface area contributed by atoms with E-state index in [2.05, 4.69) is 10.3 Å². The Morgan fingerprint density at radius 3 is 2.62 bits per heavy atom. The molecule has 0 spiro atoms. The van der Waals surface area contributed by atoms with E-state index in [1.54, 1.807) is 19.0 Å². The third-order valence-corrected chi connectivity index (χ3v) is 3.21. The van der Waals surface area contributed by atoms with E-state index in [9.17, 15) is 9.18 Å². The van der Waals surface area contributed by atoms with Gasteiger partial charge in [0.2, 0.25) is 0 Å². The lowest BCUT2D eigenvalue weighted by atomic mass is 10.1. The molecule has 0 saturated heterocycles. The van der Waals surface area contributed by atoms with E-state index >= 15 is 0 Å². The van der Waals surface area contributed by atoms with Gasteiger partial charge in [0.25, 0.3) is 5.91 Å². The van der Waals surface area contributed by atoms with Gasteiger partial charge in [-0.1, -0.05) is 29.8 Å². The number of benzene rings is 1. The van der Waals surface area contributed by atoms with Crippen molar-refractivity contribution >= 4 is 11.7 Å². The Labute approximate surface area is 123 Å². The number of hydrogen-bond donors (Lipinski definition) is 1. The summed E-state index contributed by atoms with van der Waals surface area (Å²) in [7, 11) is 3.34. The lowest BCUT2D eigenvalue weighted by Crippen LogP contribution is -2.27. The largest absolute Gasteiger partial charge is 0.372 e. The molecule has 0 atom stereocenters. The molecule has 2 rings (SSSR count). The Balaban J connectivity index is 2.19. The fraction of sp³-hybridized carbons (Fsp3) is 0.250. The van der Waals surface area contributed by atoms with Crippen molar-refractivity contribution in [2.45, 2.75) is 13.5 Å². The summed E-state index contributed by atoms with van der Waals surface area (Å²) in [6.45, 7) is 2.47. The van der Waals surface area contributed by atoms with Gasteiger partial charge < -0.3 is 10.2 Å². The number of nitrogens with one attached hydrogen (secondary N) is 1. The molecule has 1 heterocycles. The average molecular weight is 287 g/mol. The predicted molar refractivity (Wildman–Crippen MR) is 80.7 cm³/mol. The number of anilines is 1. The van der Waals surface area contributed by atoms with Gasteiger partial charge in [-0.25, -0.2) is 9.37 Å². The monoisotopic (exact) mass is 287 g/mol. The smallest absolute Gasteiger partial charge is 0.257 e. The summed E-state index contributed by atoms with van der Waals surface area (Å²) in [4.78, 5) is 17.9. The van der Waals surface area contributed by atoms with Crippen LogP contribution in [-0.2, 0) is 6.54 Å². The highest BCUT2D eigenvalue weighted by atomic mass is 19.1. The Bertz CT molecular complexity index is 640. The Morgan fingerprint density at radius 2 is 2.00 bits per heavy atom. The molecule has 4 nitrogen and oxygen atoms in total. The number of aryl methyl sites for hydroxylation is 1. The van der Waals surface area contributed by atoms with Crippen LogP contribution in [0.1, 0.15) is 21.5 Å². The second kappa shape index (κ2) is 6.35. The van der Waals surface area contributed by atoms with E-state index < -0.39 is 5.82 Å². The highest BCUT2D eigenvalue weighted by Crippen LogP contribution is 2.16. The van der Waals surface area contributed by atoms with Crippen molar-refractivity contribution in [2.24, 2.45) is 0 Å². The van der Waals surface area contributed by atoms with Crippen LogP contribution in [0.5, 0.6) is 0 Å². The van der Waals surface area contributed by atoms with E-state index in [0.717, 1.165) is 11.8 Å². The minimum Gasteiger partial charge on any atom is -0.372 e. The quantitative estimate of drug-likeness (QED) is 0.940. The molecule has 0 fully saturated rings. The summed E-state index contributed by atoms with van der Waals surface area (Å²) < 4.78 is 13.3. The molecule has 0 aliphatic carbocycles. The number of carbonyl (C=O) groups is 1. The first-order valence-corrected chi connectivity index (χ1v) is 6.65. The topological polar surface area (TPSA) is 45.2 Å². The molecular formula is C16H18FN3O. The molecule has 5 heteroatoms. The summed E-state index contributed by atoms with van der Waals surface area (Å²) in [6.07, 6.45) is 1.09. The van der Waals surface area contributed by atoms with Crippen LogP contribution in [-0.4, -0.2) is 29.9 Å². The predicted octanol–water partition coefficient (Wildman–Crippen LogP) is 2.84. The molecule has 21 heavy (non-hydrogen) atoms. The minimum atomic E-state index is -0.527. The second-order valence-electron chi connectivity index (χ2n) is 4.95. The molecule has 0 saturated carbocycles. The number of halogens is 1. The summed E-state index contributed by atoms with van der Waals surface area (Å²) >= 11 is 0. The first-order valence-electron chi connectivity index (χ1n) is 6.65.